The molecule has 1 fully saturated rings. The fourth-order valence-electron chi connectivity index (χ4n) is 2.06. The molecule has 0 saturated carbocycles. The van der Waals surface area contributed by atoms with Crippen molar-refractivity contribution < 1.29 is 4.74 Å². The van der Waals surface area contributed by atoms with Crippen molar-refractivity contribution in [2.24, 2.45) is 0 Å². The second-order valence-corrected chi connectivity index (χ2v) is 5.28. The van der Waals surface area contributed by atoms with Gasteiger partial charge in [0.25, 0.3) is 0 Å². The lowest BCUT2D eigenvalue weighted by Crippen LogP contribution is -2.30. The van der Waals surface area contributed by atoms with E-state index >= 15 is 0 Å². The van der Waals surface area contributed by atoms with Crippen molar-refractivity contribution in [3.05, 3.63) is 17.8 Å². The second kappa shape index (κ2) is 5.40. The summed E-state index contributed by atoms with van der Waals surface area (Å²) in [5.74, 6) is 1.83. The van der Waals surface area contributed by atoms with Gasteiger partial charge in [0.15, 0.2) is 10.9 Å². The molecule has 100 valence electrons. The highest BCUT2D eigenvalue weighted by Gasteiger charge is 2.13. The van der Waals surface area contributed by atoms with Crippen molar-refractivity contribution in [2.45, 2.75) is 19.3 Å². The monoisotopic (exact) mass is 277 g/mol. The Morgan fingerprint density at radius 3 is 2.53 bits per heavy atom. The molecular weight excluding hydrogens is 262 g/mol. The van der Waals surface area contributed by atoms with Crippen LogP contribution in [0.25, 0.3) is 0 Å². The molecule has 0 radical (unpaired) electrons. The highest BCUT2D eigenvalue weighted by atomic mass is 32.1. The quantitative estimate of drug-likeness (QED) is 0.927. The third-order valence-corrected chi connectivity index (χ3v) is 3.63. The van der Waals surface area contributed by atoms with Gasteiger partial charge in [0, 0.05) is 13.1 Å². The van der Waals surface area contributed by atoms with Crippen LogP contribution in [0.15, 0.2) is 17.8 Å². The Labute approximate surface area is 115 Å². The number of rotatable bonds is 3. The lowest BCUT2D eigenvalue weighted by atomic mass is 10.1. The minimum Gasteiger partial charge on any atom is -0.435 e. The third-order valence-electron chi connectivity index (χ3n) is 2.98. The zero-order valence-corrected chi connectivity index (χ0v) is 11.3. The Kier molecular flexibility index (Phi) is 3.45. The molecule has 0 aromatic carbocycles. The van der Waals surface area contributed by atoms with Gasteiger partial charge in [0.1, 0.15) is 0 Å². The van der Waals surface area contributed by atoms with Crippen LogP contribution >= 0.6 is 11.3 Å². The number of hydrogen-bond acceptors (Lipinski definition) is 7. The molecule has 1 saturated heterocycles. The molecule has 0 bridgehead atoms. The van der Waals surface area contributed by atoms with E-state index in [1.165, 1.54) is 30.6 Å². The van der Waals surface area contributed by atoms with Gasteiger partial charge < -0.3 is 15.4 Å². The molecule has 2 N–H and O–H groups in total. The molecule has 7 heteroatoms. The van der Waals surface area contributed by atoms with Gasteiger partial charge in [0.2, 0.25) is 11.8 Å². The van der Waals surface area contributed by atoms with Crippen molar-refractivity contribution in [1.82, 2.24) is 15.0 Å². The first-order valence-corrected chi connectivity index (χ1v) is 7.15. The van der Waals surface area contributed by atoms with Crippen LogP contribution in [0, 0.1) is 0 Å². The van der Waals surface area contributed by atoms with E-state index in [4.69, 9.17) is 10.5 Å². The van der Waals surface area contributed by atoms with E-state index in [9.17, 15) is 0 Å². The van der Waals surface area contributed by atoms with Crippen LogP contribution in [0.5, 0.6) is 11.6 Å². The van der Waals surface area contributed by atoms with E-state index in [1.807, 2.05) is 0 Å². The number of thiazole rings is 1. The van der Waals surface area contributed by atoms with E-state index in [2.05, 4.69) is 19.9 Å². The van der Waals surface area contributed by atoms with Crippen molar-refractivity contribution >= 4 is 22.4 Å². The summed E-state index contributed by atoms with van der Waals surface area (Å²) in [6.45, 7) is 2.06. The molecule has 0 atom stereocenters. The average molecular weight is 277 g/mol. The summed E-state index contributed by atoms with van der Waals surface area (Å²) in [5, 5.41) is 2.24. The van der Waals surface area contributed by atoms with Crippen LogP contribution < -0.4 is 15.4 Å². The van der Waals surface area contributed by atoms with Gasteiger partial charge in [-0.2, -0.15) is 4.98 Å². The summed E-state index contributed by atoms with van der Waals surface area (Å²) in [6, 6.07) is 0. The fraction of sp³-hybridized carbons (Fsp3) is 0.417. The predicted molar refractivity (Wildman–Crippen MR) is 74.7 cm³/mol. The fourth-order valence-corrected chi connectivity index (χ4v) is 2.52. The number of aromatic nitrogens is 3. The smallest absolute Gasteiger partial charge is 0.232 e. The predicted octanol–water partition coefficient (Wildman–Crippen LogP) is 2.30. The average Bonchev–Trinajstić information content (AvgIpc) is 2.86. The first kappa shape index (κ1) is 12.2. The third kappa shape index (κ3) is 2.93. The number of ether oxygens (including phenoxy) is 1. The lowest BCUT2D eigenvalue weighted by molar-refractivity contribution is 0.461. The maximum atomic E-state index is 5.54. The zero-order valence-electron chi connectivity index (χ0n) is 10.5. The van der Waals surface area contributed by atoms with Gasteiger partial charge in [-0.15, -0.1) is 11.3 Å². The summed E-state index contributed by atoms with van der Waals surface area (Å²) in [7, 11) is 0. The van der Waals surface area contributed by atoms with Crippen molar-refractivity contribution in [3.8, 4) is 11.6 Å². The van der Waals surface area contributed by atoms with Gasteiger partial charge in [-0.1, -0.05) is 0 Å². The molecule has 6 nitrogen and oxygen atoms in total. The minimum absolute atomic E-state index is 0.483. The van der Waals surface area contributed by atoms with E-state index in [1.54, 1.807) is 17.8 Å². The van der Waals surface area contributed by atoms with Gasteiger partial charge in [-0.3, -0.25) is 0 Å². The summed E-state index contributed by atoms with van der Waals surface area (Å²) in [5.41, 5.74) is 5.54. The minimum atomic E-state index is 0.483. The molecule has 19 heavy (non-hydrogen) atoms. The number of nitrogens with zero attached hydrogens (tertiary/aromatic N) is 4. The summed E-state index contributed by atoms with van der Waals surface area (Å²) in [6.07, 6.45) is 7.06. The maximum Gasteiger partial charge on any atom is 0.232 e. The van der Waals surface area contributed by atoms with Gasteiger partial charge in [-0.25, -0.2) is 9.97 Å². The van der Waals surface area contributed by atoms with Gasteiger partial charge in [-0.05, 0) is 19.3 Å². The van der Waals surface area contributed by atoms with E-state index < -0.39 is 0 Å². The second-order valence-electron chi connectivity index (χ2n) is 4.39. The normalized spacial score (nSPS) is 15.5. The molecule has 2 aromatic rings. The number of nitrogen functional groups attached to an aromatic ring is 1. The molecule has 0 aliphatic carbocycles. The van der Waals surface area contributed by atoms with E-state index in [-0.39, 0.29) is 0 Å². The summed E-state index contributed by atoms with van der Waals surface area (Å²) < 4.78 is 5.52. The highest BCUT2D eigenvalue weighted by Crippen LogP contribution is 2.24. The van der Waals surface area contributed by atoms with Crippen LogP contribution in [-0.4, -0.2) is 28.0 Å². The molecule has 0 unspecified atom stereocenters. The van der Waals surface area contributed by atoms with Crippen LogP contribution in [-0.2, 0) is 0 Å². The summed E-state index contributed by atoms with van der Waals surface area (Å²) in [4.78, 5) is 14.9. The molecule has 3 rings (SSSR count). The number of piperidine rings is 1. The number of hydrogen-bond donors (Lipinski definition) is 1. The Morgan fingerprint density at radius 1 is 1.16 bits per heavy atom. The Balaban J connectivity index is 1.68. The number of nitrogens with two attached hydrogens (primary N) is 1. The van der Waals surface area contributed by atoms with Crippen molar-refractivity contribution in [1.29, 1.82) is 0 Å². The first-order valence-electron chi connectivity index (χ1n) is 6.27. The van der Waals surface area contributed by atoms with Crippen LogP contribution in [0.2, 0.25) is 0 Å². The first-order chi connectivity index (χ1) is 9.31. The Bertz CT molecular complexity index is 535. The van der Waals surface area contributed by atoms with E-state index in [0.717, 1.165) is 19.0 Å². The topological polar surface area (TPSA) is 77.2 Å². The molecular formula is C12H15N5OS. The molecule has 0 spiro atoms. The zero-order chi connectivity index (χ0) is 13.1. The Hall–Kier alpha value is -1.89. The van der Waals surface area contributed by atoms with Crippen molar-refractivity contribution in [3.63, 3.8) is 0 Å². The molecule has 1 aliphatic heterocycles. The molecule has 1 aliphatic rings. The van der Waals surface area contributed by atoms with Crippen LogP contribution in [0.1, 0.15) is 19.3 Å². The van der Waals surface area contributed by atoms with Crippen LogP contribution in [0.4, 0.5) is 11.1 Å². The van der Waals surface area contributed by atoms with Gasteiger partial charge >= 0.3 is 0 Å². The largest absolute Gasteiger partial charge is 0.435 e. The van der Waals surface area contributed by atoms with Crippen molar-refractivity contribution in [2.75, 3.05) is 23.7 Å². The molecule has 0 amide bonds. The summed E-state index contributed by atoms with van der Waals surface area (Å²) >= 11 is 1.34. The highest BCUT2D eigenvalue weighted by molar-refractivity contribution is 7.13. The SMILES string of the molecule is Nc1nc(Oc2cnc(N3CCCCC3)nc2)cs1. The lowest BCUT2D eigenvalue weighted by Gasteiger charge is -2.26. The maximum absolute atomic E-state index is 5.54. The standard InChI is InChI=1S/C12H15N5OS/c13-11-16-10(8-19-11)18-9-6-14-12(15-7-9)17-4-2-1-3-5-17/h6-8H,1-5H2,(H2,13,16). The van der Waals surface area contributed by atoms with Crippen LogP contribution in [0.3, 0.4) is 0 Å². The molecule has 3 heterocycles. The molecule has 2 aromatic heterocycles. The van der Waals surface area contributed by atoms with E-state index in [0.29, 0.717) is 16.8 Å². The van der Waals surface area contributed by atoms with Gasteiger partial charge in [0.05, 0.1) is 17.8 Å². The number of anilines is 2. The Morgan fingerprint density at radius 2 is 1.89 bits per heavy atom.